The highest BCUT2D eigenvalue weighted by Crippen LogP contribution is 2.30. The Morgan fingerprint density at radius 3 is 2.66 bits per heavy atom. The molecule has 0 fully saturated rings. The van der Waals surface area contributed by atoms with Gasteiger partial charge in [-0.2, -0.15) is 18.3 Å². The van der Waals surface area contributed by atoms with Crippen molar-refractivity contribution in [3.05, 3.63) is 75.9 Å². The van der Waals surface area contributed by atoms with Crippen molar-refractivity contribution in [2.75, 3.05) is 11.6 Å². The van der Waals surface area contributed by atoms with E-state index >= 15 is 0 Å². The van der Waals surface area contributed by atoms with E-state index in [1.807, 2.05) is 12.3 Å². The van der Waals surface area contributed by atoms with Gasteiger partial charge in [0.1, 0.15) is 0 Å². The summed E-state index contributed by atoms with van der Waals surface area (Å²) in [7, 11) is 0. The lowest BCUT2D eigenvalue weighted by Gasteiger charge is -2.09. The maximum Gasteiger partial charge on any atom is 0.416 e. The Morgan fingerprint density at radius 2 is 1.97 bits per heavy atom. The molecule has 1 heterocycles. The molecule has 29 heavy (non-hydrogen) atoms. The average Bonchev–Trinajstić information content (AvgIpc) is 3.00. The Labute approximate surface area is 175 Å². The number of hydrogen-bond donors (Lipinski definition) is 1. The van der Waals surface area contributed by atoms with Crippen LogP contribution in [0.1, 0.15) is 27.2 Å². The molecule has 2 aromatic carbocycles. The summed E-state index contributed by atoms with van der Waals surface area (Å²) in [6, 6.07) is 11.9. The molecular formula is C20H17ClF3N3OS. The normalized spacial score (nSPS) is 11.5. The number of hydrogen-bond acceptors (Lipinski definition) is 3. The monoisotopic (exact) mass is 439 g/mol. The number of nitrogens with zero attached hydrogens (tertiary/aromatic N) is 2. The molecule has 0 aliphatic heterocycles. The van der Waals surface area contributed by atoms with E-state index in [1.165, 1.54) is 22.5 Å². The molecule has 0 bridgehead atoms. The molecule has 0 aliphatic rings. The molecule has 0 atom stereocenters. The van der Waals surface area contributed by atoms with Gasteiger partial charge in [0.15, 0.2) is 5.82 Å². The molecule has 3 aromatic rings. The van der Waals surface area contributed by atoms with Crippen molar-refractivity contribution in [1.82, 2.24) is 9.78 Å². The second kappa shape index (κ2) is 8.51. The van der Waals surface area contributed by atoms with Gasteiger partial charge in [-0.15, -0.1) is 11.8 Å². The van der Waals surface area contributed by atoms with Crippen molar-refractivity contribution in [2.24, 2.45) is 0 Å². The molecule has 1 N–H and O–H groups in total. The minimum Gasteiger partial charge on any atom is -0.305 e. The maximum atomic E-state index is 12.9. The Kier molecular flexibility index (Phi) is 6.24. The zero-order valence-electron chi connectivity index (χ0n) is 15.5. The Bertz CT molecular complexity index is 1050. The van der Waals surface area contributed by atoms with E-state index in [0.29, 0.717) is 27.7 Å². The van der Waals surface area contributed by atoms with E-state index in [1.54, 1.807) is 31.2 Å². The van der Waals surface area contributed by atoms with Crippen molar-refractivity contribution in [3.8, 4) is 0 Å². The van der Waals surface area contributed by atoms with Crippen molar-refractivity contribution in [1.29, 1.82) is 0 Å². The van der Waals surface area contributed by atoms with Crippen molar-refractivity contribution in [3.63, 3.8) is 0 Å². The van der Waals surface area contributed by atoms with E-state index in [0.717, 1.165) is 17.0 Å². The smallest absolute Gasteiger partial charge is 0.305 e. The summed E-state index contributed by atoms with van der Waals surface area (Å²) >= 11 is 7.61. The summed E-state index contributed by atoms with van der Waals surface area (Å²) in [6.07, 6.45) is -2.51. The van der Waals surface area contributed by atoms with Crippen LogP contribution in [0.15, 0.2) is 53.4 Å². The molecule has 4 nitrogen and oxygen atoms in total. The first kappa shape index (κ1) is 21.3. The highest BCUT2D eigenvalue weighted by Gasteiger charge is 2.30. The van der Waals surface area contributed by atoms with Crippen LogP contribution in [0.4, 0.5) is 19.0 Å². The fourth-order valence-corrected chi connectivity index (χ4v) is 3.38. The van der Waals surface area contributed by atoms with Crippen LogP contribution < -0.4 is 5.32 Å². The van der Waals surface area contributed by atoms with Gasteiger partial charge in [0, 0.05) is 16.7 Å². The summed E-state index contributed by atoms with van der Waals surface area (Å²) in [6.45, 7) is 1.91. The molecule has 0 aliphatic carbocycles. The number of alkyl halides is 3. The lowest BCUT2D eigenvalue weighted by molar-refractivity contribution is -0.137. The number of nitrogens with one attached hydrogen (secondary N) is 1. The van der Waals surface area contributed by atoms with Crippen LogP contribution in [0, 0.1) is 6.92 Å². The first-order chi connectivity index (χ1) is 13.7. The van der Waals surface area contributed by atoms with Gasteiger partial charge >= 0.3 is 6.18 Å². The SMILES string of the molecule is CSc1ccc(Cl)c(C(=O)Nc2cc(C)n(Cc3cccc(C(F)(F)F)c3)n2)c1. The van der Waals surface area contributed by atoms with Crippen molar-refractivity contribution < 1.29 is 18.0 Å². The number of halogens is 4. The third kappa shape index (κ3) is 5.13. The van der Waals surface area contributed by atoms with Gasteiger partial charge in [0.25, 0.3) is 5.91 Å². The van der Waals surface area contributed by atoms with Crippen LogP contribution in [-0.2, 0) is 12.7 Å². The first-order valence-corrected chi connectivity index (χ1v) is 10.1. The molecular weight excluding hydrogens is 423 g/mol. The summed E-state index contributed by atoms with van der Waals surface area (Å²) in [5.74, 6) is -0.111. The van der Waals surface area contributed by atoms with Gasteiger partial charge in [-0.1, -0.05) is 23.7 Å². The molecule has 0 radical (unpaired) electrons. The van der Waals surface area contributed by atoms with Gasteiger partial charge in [0.2, 0.25) is 0 Å². The molecule has 152 valence electrons. The van der Waals surface area contributed by atoms with E-state index < -0.39 is 17.6 Å². The van der Waals surface area contributed by atoms with Crippen LogP contribution in [0.3, 0.4) is 0 Å². The number of carbonyl (C=O) groups is 1. The molecule has 9 heteroatoms. The summed E-state index contributed by atoms with van der Waals surface area (Å²) < 4.78 is 40.2. The third-order valence-corrected chi connectivity index (χ3v) is 5.28. The quantitative estimate of drug-likeness (QED) is 0.504. The summed E-state index contributed by atoms with van der Waals surface area (Å²) in [5, 5.41) is 7.30. The summed E-state index contributed by atoms with van der Waals surface area (Å²) in [4.78, 5) is 13.5. The van der Waals surface area contributed by atoms with Gasteiger partial charge in [-0.25, -0.2) is 0 Å². The van der Waals surface area contributed by atoms with Crippen molar-refractivity contribution >= 4 is 35.1 Å². The molecule has 1 aromatic heterocycles. The van der Waals surface area contributed by atoms with E-state index in [4.69, 9.17) is 11.6 Å². The number of carbonyl (C=O) groups excluding carboxylic acids is 1. The average molecular weight is 440 g/mol. The highest BCUT2D eigenvalue weighted by atomic mass is 35.5. The maximum absolute atomic E-state index is 12.9. The number of benzene rings is 2. The van der Waals surface area contributed by atoms with Crippen LogP contribution in [0.5, 0.6) is 0 Å². The van der Waals surface area contributed by atoms with Crippen molar-refractivity contribution in [2.45, 2.75) is 24.5 Å². The molecule has 1 amide bonds. The molecule has 0 saturated heterocycles. The fourth-order valence-electron chi connectivity index (χ4n) is 2.74. The largest absolute Gasteiger partial charge is 0.416 e. The Balaban J connectivity index is 1.78. The van der Waals surface area contributed by atoms with E-state index in [2.05, 4.69) is 10.4 Å². The topological polar surface area (TPSA) is 46.9 Å². The molecule has 3 rings (SSSR count). The van der Waals surface area contributed by atoms with E-state index in [9.17, 15) is 18.0 Å². The predicted molar refractivity (Wildman–Crippen MR) is 109 cm³/mol. The standard InChI is InChI=1S/C20H17ClF3N3OS/c1-12-8-18(25-19(28)16-10-15(29-2)6-7-17(16)21)26-27(12)11-13-4-3-5-14(9-13)20(22,23)24/h3-10H,11H2,1-2H3,(H,25,26,28). The second-order valence-electron chi connectivity index (χ2n) is 6.33. The van der Waals surface area contributed by atoms with Gasteiger partial charge < -0.3 is 5.32 Å². The predicted octanol–water partition coefficient (Wildman–Crippen LogP) is 5.89. The zero-order chi connectivity index (χ0) is 21.2. The second-order valence-corrected chi connectivity index (χ2v) is 7.61. The van der Waals surface area contributed by atoms with Gasteiger partial charge in [0.05, 0.1) is 22.7 Å². The van der Waals surface area contributed by atoms with Crippen LogP contribution in [0.25, 0.3) is 0 Å². The summed E-state index contributed by atoms with van der Waals surface area (Å²) in [5.41, 5.74) is 0.765. The van der Waals surface area contributed by atoms with Crippen LogP contribution in [0.2, 0.25) is 5.02 Å². The van der Waals surface area contributed by atoms with Gasteiger partial charge in [-0.3, -0.25) is 9.48 Å². The van der Waals surface area contributed by atoms with Gasteiger partial charge in [-0.05, 0) is 49.1 Å². The van der Waals surface area contributed by atoms with E-state index in [-0.39, 0.29) is 6.54 Å². The number of aryl methyl sites for hydroxylation is 1. The highest BCUT2D eigenvalue weighted by molar-refractivity contribution is 7.98. The lowest BCUT2D eigenvalue weighted by atomic mass is 10.1. The molecule has 0 spiro atoms. The number of thioether (sulfide) groups is 1. The lowest BCUT2D eigenvalue weighted by Crippen LogP contribution is -2.13. The number of amides is 1. The number of aromatic nitrogens is 2. The number of anilines is 1. The fraction of sp³-hybridized carbons (Fsp3) is 0.200. The molecule has 0 unspecified atom stereocenters. The molecule has 0 saturated carbocycles. The Morgan fingerprint density at radius 1 is 1.21 bits per heavy atom. The first-order valence-electron chi connectivity index (χ1n) is 8.53. The third-order valence-electron chi connectivity index (χ3n) is 4.23. The Hall–Kier alpha value is -2.45. The minimum atomic E-state index is -4.40. The minimum absolute atomic E-state index is 0.147. The zero-order valence-corrected chi connectivity index (χ0v) is 17.1. The number of rotatable bonds is 5. The van der Waals surface area contributed by atoms with Crippen LogP contribution >= 0.6 is 23.4 Å². The van der Waals surface area contributed by atoms with Crippen LogP contribution in [-0.4, -0.2) is 21.9 Å².